The monoisotopic (exact) mass is 1340 g/mol. The Hall–Kier alpha value is -10.6. The Labute approximate surface area is 584 Å². The highest BCUT2D eigenvalue weighted by Gasteiger charge is 2.32. The lowest BCUT2D eigenvalue weighted by molar-refractivity contribution is 0.0979. The Bertz CT molecular complexity index is 4130. The first-order valence-electron chi connectivity index (χ1n) is 36.0. The van der Waals surface area contributed by atoms with Crippen molar-refractivity contribution in [3.8, 4) is 67.5 Å². The van der Waals surface area contributed by atoms with E-state index in [2.05, 4.69) is 142 Å². The third kappa shape index (κ3) is 16.7. The number of carbonyl (C=O) groups is 2. The van der Waals surface area contributed by atoms with Crippen LogP contribution >= 0.6 is 0 Å². The molecule has 0 N–H and O–H groups in total. The zero-order valence-electron chi connectivity index (χ0n) is 58.0. The number of rotatable bonds is 36. The zero-order chi connectivity index (χ0) is 68.6. The molecule has 0 fully saturated rings. The van der Waals surface area contributed by atoms with Crippen molar-refractivity contribution in [2.24, 2.45) is 0 Å². The van der Waals surface area contributed by atoms with Gasteiger partial charge in [0, 0.05) is 48.4 Å². The van der Waals surface area contributed by atoms with Crippen LogP contribution in [0.4, 0.5) is 0 Å². The van der Waals surface area contributed by atoms with E-state index < -0.39 is 0 Å². The van der Waals surface area contributed by atoms with Crippen molar-refractivity contribution in [2.75, 3.05) is 0 Å². The molecule has 0 amide bonds. The van der Waals surface area contributed by atoms with Crippen LogP contribution in [0, 0.1) is 0 Å². The molecule has 0 saturated heterocycles. The maximum absolute atomic E-state index is 15.2. The Morgan fingerprint density at radius 2 is 0.480 bits per heavy atom. The molecule has 0 bridgehead atoms. The lowest BCUT2D eigenvalue weighted by atomic mass is 9.80. The van der Waals surface area contributed by atoms with E-state index in [9.17, 15) is 0 Å². The molecule has 0 spiro atoms. The van der Waals surface area contributed by atoms with Crippen LogP contribution in [-0.2, 0) is 52.6 Å². The second kappa shape index (κ2) is 32.8. The summed E-state index contributed by atoms with van der Waals surface area (Å²) in [5.41, 5.74) is 12.0. The molecule has 512 valence electrons. The first-order valence-corrected chi connectivity index (χ1v) is 36.0. The topological polar surface area (TPSA) is 194 Å². The highest BCUT2D eigenvalue weighted by atomic mass is 16.5. The Balaban J connectivity index is 0.798. The summed E-state index contributed by atoms with van der Waals surface area (Å²) >= 11 is 0. The van der Waals surface area contributed by atoms with Crippen molar-refractivity contribution in [3.63, 3.8) is 0 Å². The third-order valence-electron chi connectivity index (χ3n) is 18.7. The zero-order valence-corrected chi connectivity index (χ0v) is 58.0. The molecular weight excluding hydrogens is 1250 g/mol. The third-order valence-corrected chi connectivity index (χ3v) is 18.7. The molecule has 18 nitrogen and oxygen atoms in total. The van der Waals surface area contributed by atoms with E-state index in [-0.39, 0.29) is 38.0 Å². The van der Waals surface area contributed by atoms with E-state index in [1.165, 1.54) is 77.0 Å². The number of aryl methyl sites for hydroxylation is 4. The normalized spacial score (nSPS) is 12.0. The fourth-order valence-corrected chi connectivity index (χ4v) is 13.1. The maximum Gasteiger partial charge on any atom is 0.194 e. The van der Waals surface area contributed by atoms with Gasteiger partial charge in [0.15, 0.2) is 11.6 Å². The Morgan fingerprint density at radius 1 is 0.270 bits per heavy atom. The number of ether oxygens (including phenoxy) is 4. The van der Waals surface area contributed by atoms with Crippen LogP contribution in [0.3, 0.4) is 0 Å². The molecule has 0 unspecified atom stereocenters. The molecular formula is C82H88N12O6. The van der Waals surface area contributed by atoms with Gasteiger partial charge in [0.05, 0.1) is 24.8 Å². The molecule has 12 aromatic rings. The van der Waals surface area contributed by atoms with Crippen molar-refractivity contribution in [2.45, 2.75) is 183 Å². The molecule has 13 rings (SSSR count). The minimum Gasteiger partial charge on any atom is -0.487 e. The average molecular weight is 1340 g/mol. The number of hydrogen-bond donors (Lipinski definition) is 0. The molecule has 0 saturated carbocycles. The van der Waals surface area contributed by atoms with Gasteiger partial charge in [0.25, 0.3) is 0 Å². The molecule has 0 aliphatic heterocycles. The highest BCUT2D eigenvalue weighted by molar-refractivity contribution is 6.31. The minimum absolute atomic E-state index is 0.212. The van der Waals surface area contributed by atoms with Gasteiger partial charge in [-0.25, -0.2) is 0 Å². The van der Waals surface area contributed by atoms with Crippen LogP contribution in [0.1, 0.15) is 185 Å². The van der Waals surface area contributed by atoms with Gasteiger partial charge in [0.2, 0.25) is 0 Å². The van der Waals surface area contributed by atoms with Crippen LogP contribution in [0.5, 0.6) is 23.0 Å². The fourth-order valence-electron chi connectivity index (χ4n) is 13.1. The first kappa shape index (κ1) is 67.9. The molecule has 0 radical (unpaired) electrons. The van der Waals surface area contributed by atoms with Crippen molar-refractivity contribution < 1.29 is 28.5 Å². The standard InChI is InChI=1S/C82H88N12O6/c1-5-9-13-17-37-91-49-65(83-87-91)53-97-69-29-21-57(22-30-69)73-41-61-45-77-78(46-62(61)42-74(73)58-23-31-70(32-24-58)98-54-66-50-92(88-84-66)38-18-14-10-6-2)82(96)80-48-64-44-76(60-27-35-72(36-28-60)100-56-68-52-94(90-86-68)40-20-16-12-8-4)75(43-63(64)47-79(80)81(77)95)59-25-33-71(34-26-59)99-55-67-51-93(89-85-67)39-19-15-11-7-3/h21-36,41-52H,5-20,37-40,53-56H2,1-4H3. The SMILES string of the molecule is CCCCCCn1cc(COc2ccc(-c3cc4cc5c(cc4cc3-c3ccc(OCc4cn(CCCCCC)nn4)cc3)C(=O)c3cc4cc(-c6ccc(OCc7cn(CCCCCC)nn7)cc6)c(-c6ccc(OCc7cn(CCCCCC)nn7)cc6)cc4cc3C5=O)cc2)nn1. The summed E-state index contributed by atoms with van der Waals surface area (Å²) < 4.78 is 32.6. The minimum atomic E-state index is -0.212. The van der Waals surface area contributed by atoms with Crippen molar-refractivity contribution >= 4 is 33.1 Å². The summed E-state index contributed by atoms with van der Waals surface area (Å²) in [5, 5.41) is 38.1. The summed E-state index contributed by atoms with van der Waals surface area (Å²) in [5.74, 6) is 2.36. The van der Waals surface area contributed by atoms with Gasteiger partial charge in [-0.1, -0.05) is 174 Å². The summed E-state index contributed by atoms with van der Waals surface area (Å²) in [7, 11) is 0. The van der Waals surface area contributed by atoms with Crippen LogP contribution in [-0.4, -0.2) is 71.5 Å². The van der Waals surface area contributed by atoms with Gasteiger partial charge in [-0.15, -0.1) is 20.4 Å². The van der Waals surface area contributed by atoms with E-state index in [1.807, 2.05) is 116 Å². The predicted octanol–water partition coefficient (Wildman–Crippen LogP) is 18.4. The van der Waals surface area contributed by atoms with E-state index in [1.54, 1.807) is 0 Å². The number of carbonyl (C=O) groups excluding carboxylic acids is 2. The van der Waals surface area contributed by atoms with Gasteiger partial charge in [-0.05, 0) is 189 Å². The summed E-state index contributed by atoms with van der Waals surface area (Å²) in [4.78, 5) is 30.4. The summed E-state index contributed by atoms with van der Waals surface area (Å²) in [6.45, 7) is 13.3. The number of fused-ring (bicyclic) bond motifs is 4. The molecule has 0 atom stereocenters. The summed E-state index contributed by atoms with van der Waals surface area (Å²) in [6.07, 6.45) is 26.3. The van der Waals surface area contributed by atoms with Gasteiger partial charge in [0.1, 0.15) is 72.2 Å². The van der Waals surface area contributed by atoms with E-state index >= 15 is 9.59 Å². The van der Waals surface area contributed by atoms with Crippen LogP contribution < -0.4 is 18.9 Å². The second-order valence-electron chi connectivity index (χ2n) is 26.3. The lowest BCUT2D eigenvalue weighted by Gasteiger charge is -2.21. The van der Waals surface area contributed by atoms with Crippen molar-refractivity contribution in [1.82, 2.24) is 60.0 Å². The molecule has 100 heavy (non-hydrogen) atoms. The fraction of sp³-hybridized carbons (Fsp3) is 0.341. The summed E-state index contributed by atoms with van der Waals surface area (Å²) in [6, 6.07) is 48.2. The molecule has 1 aliphatic rings. The Morgan fingerprint density at radius 3 is 0.690 bits per heavy atom. The number of aromatic nitrogens is 12. The van der Waals surface area contributed by atoms with E-state index in [0.717, 1.165) is 141 Å². The number of nitrogens with zero attached hydrogens (tertiary/aromatic N) is 12. The first-order chi connectivity index (χ1) is 49.1. The average Bonchev–Trinajstić information content (AvgIpc) is 0.943. The highest BCUT2D eigenvalue weighted by Crippen LogP contribution is 2.43. The smallest absolute Gasteiger partial charge is 0.194 e. The van der Waals surface area contributed by atoms with Crippen LogP contribution in [0.25, 0.3) is 66.1 Å². The Kier molecular flexibility index (Phi) is 22.3. The van der Waals surface area contributed by atoms with Gasteiger partial charge >= 0.3 is 0 Å². The second-order valence-corrected chi connectivity index (χ2v) is 26.3. The van der Waals surface area contributed by atoms with Crippen LogP contribution in [0.15, 0.2) is 170 Å². The maximum atomic E-state index is 15.2. The van der Waals surface area contributed by atoms with E-state index in [0.29, 0.717) is 45.3 Å². The van der Waals surface area contributed by atoms with Gasteiger partial charge in [-0.2, -0.15) is 0 Å². The largest absolute Gasteiger partial charge is 0.487 e. The number of unbranched alkanes of at least 4 members (excludes halogenated alkanes) is 12. The number of benzene rings is 8. The lowest BCUT2D eigenvalue weighted by Crippen LogP contribution is -2.21. The van der Waals surface area contributed by atoms with Crippen molar-refractivity contribution in [1.29, 1.82) is 0 Å². The van der Waals surface area contributed by atoms with Crippen LogP contribution in [0.2, 0.25) is 0 Å². The number of hydrogen-bond acceptors (Lipinski definition) is 14. The molecule has 1 aliphatic carbocycles. The van der Waals surface area contributed by atoms with Gasteiger partial charge in [-0.3, -0.25) is 28.3 Å². The molecule has 4 aromatic heterocycles. The molecule has 4 heterocycles. The number of ketones is 2. The molecule has 18 heteroatoms. The van der Waals surface area contributed by atoms with Gasteiger partial charge < -0.3 is 18.9 Å². The molecule has 8 aromatic carbocycles. The van der Waals surface area contributed by atoms with E-state index in [4.69, 9.17) is 18.9 Å². The quantitative estimate of drug-likeness (QED) is 0.0337. The van der Waals surface area contributed by atoms with Crippen molar-refractivity contribution in [3.05, 3.63) is 215 Å². The predicted molar refractivity (Wildman–Crippen MR) is 390 cm³/mol.